The lowest BCUT2D eigenvalue weighted by molar-refractivity contribution is 0.0684. The quantitative estimate of drug-likeness (QED) is 0.779. The molecule has 6 heteroatoms. The van der Waals surface area contributed by atoms with Gasteiger partial charge in [0.15, 0.2) is 11.4 Å². The van der Waals surface area contributed by atoms with Crippen molar-refractivity contribution in [2.24, 2.45) is 0 Å². The molecule has 1 saturated heterocycles. The van der Waals surface area contributed by atoms with Crippen molar-refractivity contribution in [2.45, 2.75) is 12.8 Å². The number of aromatic nitrogens is 2. The molecule has 1 fully saturated rings. The van der Waals surface area contributed by atoms with Crippen molar-refractivity contribution in [3.63, 3.8) is 0 Å². The van der Waals surface area contributed by atoms with Gasteiger partial charge in [0.25, 0.3) is 0 Å². The second-order valence-corrected chi connectivity index (χ2v) is 5.15. The van der Waals surface area contributed by atoms with Crippen LogP contribution in [0.2, 0.25) is 0 Å². The van der Waals surface area contributed by atoms with E-state index in [0.29, 0.717) is 22.5 Å². The van der Waals surface area contributed by atoms with Crippen molar-refractivity contribution >= 4 is 33.9 Å². The fourth-order valence-electron chi connectivity index (χ4n) is 2.82. The molecule has 3 aromatic rings. The third kappa shape index (κ3) is 1.83. The highest BCUT2D eigenvalue weighted by atomic mass is 16.4. The van der Waals surface area contributed by atoms with E-state index in [1.807, 2.05) is 24.3 Å². The molecule has 0 radical (unpaired) electrons. The molecule has 1 N–H and O–H groups in total. The number of anilines is 1. The SMILES string of the molecule is O=C(O)c1nc(N2CCCC2)c2oc3ccccc3c2n1. The molecule has 1 aliphatic heterocycles. The molecule has 106 valence electrons. The first-order valence-electron chi connectivity index (χ1n) is 6.91. The number of furan rings is 1. The lowest BCUT2D eigenvalue weighted by Crippen LogP contribution is -2.21. The van der Waals surface area contributed by atoms with Crippen molar-refractivity contribution in [1.82, 2.24) is 9.97 Å². The van der Waals surface area contributed by atoms with Crippen LogP contribution in [0.3, 0.4) is 0 Å². The van der Waals surface area contributed by atoms with Gasteiger partial charge in [-0.2, -0.15) is 0 Å². The molecular formula is C15H13N3O3. The van der Waals surface area contributed by atoms with Gasteiger partial charge in [-0.15, -0.1) is 0 Å². The van der Waals surface area contributed by atoms with Gasteiger partial charge in [0, 0.05) is 18.5 Å². The number of aromatic carboxylic acids is 1. The van der Waals surface area contributed by atoms with E-state index < -0.39 is 5.97 Å². The Morgan fingerprint density at radius 1 is 1.19 bits per heavy atom. The molecule has 0 saturated carbocycles. The van der Waals surface area contributed by atoms with Crippen LogP contribution >= 0.6 is 0 Å². The van der Waals surface area contributed by atoms with Crippen LogP contribution in [0.15, 0.2) is 28.7 Å². The molecule has 2 aromatic heterocycles. The fourth-order valence-corrected chi connectivity index (χ4v) is 2.82. The average molecular weight is 283 g/mol. The summed E-state index contributed by atoms with van der Waals surface area (Å²) in [5, 5.41) is 10.1. The molecule has 0 aliphatic carbocycles. The van der Waals surface area contributed by atoms with Gasteiger partial charge in [-0.3, -0.25) is 0 Å². The number of hydrogen-bond donors (Lipinski definition) is 1. The number of hydrogen-bond acceptors (Lipinski definition) is 5. The number of fused-ring (bicyclic) bond motifs is 3. The Balaban J connectivity index is 2.07. The highest BCUT2D eigenvalue weighted by molar-refractivity contribution is 6.06. The largest absolute Gasteiger partial charge is 0.475 e. The smallest absolute Gasteiger partial charge is 0.374 e. The van der Waals surface area contributed by atoms with Gasteiger partial charge in [0.2, 0.25) is 5.82 Å². The second kappa shape index (κ2) is 4.44. The molecule has 0 unspecified atom stereocenters. The molecule has 0 bridgehead atoms. The summed E-state index contributed by atoms with van der Waals surface area (Å²) in [5.41, 5.74) is 1.84. The number of carbonyl (C=O) groups is 1. The van der Waals surface area contributed by atoms with Crippen LogP contribution in [0.25, 0.3) is 22.1 Å². The van der Waals surface area contributed by atoms with Crippen LogP contribution < -0.4 is 4.90 Å². The highest BCUT2D eigenvalue weighted by Crippen LogP contribution is 2.34. The van der Waals surface area contributed by atoms with E-state index in [4.69, 9.17) is 4.42 Å². The maximum absolute atomic E-state index is 11.3. The zero-order valence-corrected chi connectivity index (χ0v) is 11.2. The Labute approximate surface area is 120 Å². The topological polar surface area (TPSA) is 79.5 Å². The van der Waals surface area contributed by atoms with Gasteiger partial charge in [0.1, 0.15) is 11.1 Å². The van der Waals surface area contributed by atoms with Crippen LogP contribution in [0.4, 0.5) is 5.82 Å². The van der Waals surface area contributed by atoms with E-state index in [2.05, 4.69) is 14.9 Å². The summed E-state index contributed by atoms with van der Waals surface area (Å²) in [5.74, 6) is -0.718. The second-order valence-electron chi connectivity index (χ2n) is 5.15. The van der Waals surface area contributed by atoms with Crippen molar-refractivity contribution in [1.29, 1.82) is 0 Å². The number of nitrogens with zero attached hydrogens (tertiary/aromatic N) is 3. The van der Waals surface area contributed by atoms with Crippen LogP contribution in [0.1, 0.15) is 23.5 Å². The van der Waals surface area contributed by atoms with Gasteiger partial charge in [-0.1, -0.05) is 12.1 Å². The first-order valence-corrected chi connectivity index (χ1v) is 6.91. The first-order chi connectivity index (χ1) is 10.2. The van der Waals surface area contributed by atoms with E-state index in [-0.39, 0.29) is 5.82 Å². The van der Waals surface area contributed by atoms with Crippen LogP contribution in [-0.4, -0.2) is 34.1 Å². The molecule has 1 aliphatic rings. The highest BCUT2D eigenvalue weighted by Gasteiger charge is 2.24. The molecule has 4 rings (SSSR count). The van der Waals surface area contributed by atoms with Crippen molar-refractivity contribution in [3.8, 4) is 0 Å². The summed E-state index contributed by atoms with van der Waals surface area (Å²) < 4.78 is 5.87. The third-order valence-electron chi connectivity index (χ3n) is 3.80. The van der Waals surface area contributed by atoms with E-state index in [1.54, 1.807) is 0 Å². The van der Waals surface area contributed by atoms with Crippen molar-refractivity contribution < 1.29 is 14.3 Å². The average Bonchev–Trinajstić information content (AvgIpc) is 3.13. The van der Waals surface area contributed by atoms with E-state index >= 15 is 0 Å². The van der Waals surface area contributed by atoms with Crippen molar-refractivity contribution in [2.75, 3.05) is 18.0 Å². The summed E-state index contributed by atoms with van der Waals surface area (Å²) in [7, 11) is 0. The summed E-state index contributed by atoms with van der Waals surface area (Å²) >= 11 is 0. The molecular weight excluding hydrogens is 270 g/mol. The lowest BCUT2D eigenvalue weighted by Gasteiger charge is -2.16. The zero-order chi connectivity index (χ0) is 14.4. The molecule has 1 aromatic carbocycles. The molecule has 6 nitrogen and oxygen atoms in total. The molecule has 0 atom stereocenters. The molecule has 3 heterocycles. The monoisotopic (exact) mass is 283 g/mol. The van der Waals surface area contributed by atoms with E-state index in [1.165, 1.54) is 0 Å². The Morgan fingerprint density at radius 2 is 1.95 bits per heavy atom. The first kappa shape index (κ1) is 12.1. The van der Waals surface area contributed by atoms with Gasteiger partial charge in [-0.05, 0) is 25.0 Å². The summed E-state index contributed by atoms with van der Waals surface area (Å²) in [6, 6.07) is 7.50. The lowest BCUT2D eigenvalue weighted by atomic mass is 10.2. The van der Waals surface area contributed by atoms with Gasteiger partial charge < -0.3 is 14.4 Å². The standard InChI is InChI=1S/C15H13N3O3/c19-15(20)13-16-11-9-5-1-2-6-10(9)21-12(11)14(17-13)18-7-3-4-8-18/h1-2,5-6H,3-4,7-8H2,(H,19,20). The Bertz CT molecular complexity index is 850. The summed E-state index contributed by atoms with van der Waals surface area (Å²) in [6.45, 7) is 1.73. The van der Waals surface area contributed by atoms with E-state index in [0.717, 1.165) is 31.3 Å². The summed E-state index contributed by atoms with van der Waals surface area (Å²) in [6.07, 6.45) is 2.16. The van der Waals surface area contributed by atoms with Gasteiger partial charge >= 0.3 is 5.97 Å². The van der Waals surface area contributed by atoms with Gasteiger partial charge in [-0.25, -0.2) is 14.8 Å². The normalized spacial score (nSPS) is 15.1. The minimum absolute atomic E-state index is 0.184. The predicted octanol–water partition coefficient (Wildman–Crippen LogP) is 2.67. The minimum atomic E-state index is -1.12. The molecule has 21 heavy (non-hydrogen) atoms. The number of rotatable bonds is 2. The number of carboxylic acid groups (broad SMARTS) is 1. The van der Waals surface area contributed by atoms with Crippen molar-refractivity contribution in [3.05, 3.63) is 30.1 Å². The summed E-state index contributed by atoms with van der Waals surface area (Å²) in [4.78, 5) is 21.7. The zero-order valence-electron chi connectivity index (χ0n) is 11.2. The molecule has 0 amide bonds. The third-order valence-corrected chi connectivity index (χ3v) is 3.80. The molecule has 0 spiro atoms. The minimum Gasteiger partial charge on any atom is -0.475 e. The fraction of sp³-hybridized carbons (Fsp3) is 0.267. The van der Waals surface area contributed by atoms with Crippen LogP contribution in [0.5, 0.6) is 0 Å². The van der Waals surface area contributed by atoms with Crippen LogP contribution in [0, 0.1) is 0 Å². The number of benzene rings is 1. The van der Waals surface area contributed by atoms with E-state index in [9.17, 15) is 9.90 Å². The number of para-hydroxylation sites is 1. The Morgan fingerprint density at radius 3 is 2.71 bits per heavy atom. The number of carboxylic acids is 1. The van der Waals surface area contributed by atoms with Gasteiger partial charge in [0.05, 0.1) is 0 Å². The maximum Gasteiger partial charge on any atom is 0.374 e. The Hall–Kier alpha value is -2.63. The maximum atomic E-state index is 11.3. The predicted molar refractivity (Wildman–Crippen MR) is 77.7 cm³/mol. The van der Waals surface area contributed by atoms with Crippen LogP contribution in [-0.2, 0) is 0 Å². The Kier molecular flexibility index (Phi) is 2.57.